The monoisotopic (exact) mass is 267 g/mol. The predicted octanol–water partition coefficient (Wildman–Crippen LogP) is 1.89. The zero-order valence-corrected chi connectivity index (χ0v) is 11.5. The number of carbonyl (C=O) groups excluding carboxylic acids is 1. The molecule has 3 N–H and O–H groups in total. The number of amides is 1. The lowest BCUT2D eigenvalue weighted by atomic mass is 10.0. The SMILES string of the molecule is CCOCC(NC(=O)c1cc(O)ccc1O)C(C)C. The Balaban J connectivity index is 2.78. The van der Waals surface area contributed by atoms with Crippen LogP contribution in [0.15, 0.2) is 18.2 Å². The molecular formula is C14H21NO4. The summed E-state index contributed by atoms with van der Waals surface area (Å²) in [5.41, 5.74) is 0.0575. The maximum absolute atomic E-state index is 12.1. The van der Waals surface area contributed by atoms with Crippen LogP contribution in [0, 0.1) is 5.92 Å². The van der Waals surface area contributed by atoms with E-state index in [2.05, 4.69) is 5.32 Å². The number of rotatable bonds is 6. The van der Waals surface area contributed by atoms with Gasteiger partial charge in [0.1, 0.15) is 11.5 Å². The number of ether oxygens (including phenoxy) is 1. The average molecular weight is 267 g/mol. The van der Waals surface area contributed by atoms with Gasteiger partial charge in [0, 0.05) is 6.61 Å². The fourth-order valence-corrected chi connectivity index (χ4v) is 1.60. The summed E-state index contributed by atoms with van der Waals surface area (Å²) < 4.78 is 5.32. The van der Waals surface area contributed by atoms with Crippen molar-refractivity contribution in [2.24, 2.45) is 5.92 Å². The van der Waals surface area contributed by atoms with Crippen molar-refractivity contribution < 1.29 is 19.7 Å². The molecule has 0 aliphatic heterocycles. The number of carbonyl (C=O) groups is 1. The molecule has 0 bridgehead atoms. The van der Waals surface area contributed by atoms with Gasteiger partial charge < -0.3 is 20.3 Å². The summed E-state index contributed by atoms with van der Waals surface area (Å²) in [5, 5.41) is 21.8. The topological polar surface area (TPSA) is 78.8 Å². The molecule has 0 saturated carbocycles. The molecule has 1 atom stereocenters. The first kappa shape index (κ1) is 15.3. The van der Waals surface area contributed by atoms with Crippen molar-refractivity contribution in [2.45, 2.75) is 26.8 Å². The number of nitrogens with one attached hydrogen (secondary N) is 1. The van der Waals surface area contributed by atoms with Crippen molar-refractivity contribution in [3.05, 3.63) is 23.8 Å². The maximum atomic E-state index is 12.1. The molecule has 0 aliphatic rings. The van der Waals surface area contributed by atoms with Gasteiger partial charge >= 0.3 is 0 Å². The van der Waals surface area contributed by atoms with Crippen LogP contribution in [0.3, 0.4) is 0 Å². The van der Waals surface area contributed by atoms with Crippen LogP contribution >= 0.6 is 0 Å². The lowest BCUT2D eigenvalue weighted by Crippen LogP contribution is -2.41. The third-order valence-electron chi connectivity index (χ3n) is 2.85. The Kier molecular flexibility index (Phi) is 5.63. The molecule has 106 valence electrons. The van der Waals surface area contributed by atoms with Crippen molar-refractivity contribution in [2.75, 3.05) is 13.2 Å². The molecule has 0 radical (unpaired) electrons. The lowest BCUT2D eigenvalue weighted by molar-refractivity contribution is 0.0803. The highest BCUT2D eigenvalue weighted by atomic mass is 16.5. The van der Waals surface area contributed by atoms with Crippen LogP contribution in [0.4, 0.5) is 0 Å². The maximum Gasteiger partial charge on any atom is 0.255 e. The molecule has 0 aliphatic carbocycles. The van der Waals surface area contributed by atoms with E-state index in [1.54, 1.807) is 0 Å². The summed E-state index contributed by atoms with van der Waals surface area (Å²) in [5.74, 6) is -0.440. The Bertz CT molecular complexity index is 431. The van der Waals surface area contributed by atoms with Gasteiger partial charge in [0.25, 0.3) is 5.91 Å². The van der Waals surface area contributed by atoms with Gasteiger partial charge in [0.05, 0.1) is 18.2 Å². The molecule has 0 saturated heterocycles. The van der Waals surface area contributed by atoms with E-state index < -0.39 is 5.91 Å². The van der Waals surface area contributed by atoms with Gasteiger partial charge in [-0.15, -0.1) is 0 Å². The van der Waals surface area contributed by atoms with E-state index in [0.717, 1.165) is 0 Å². The normalized spacial score (nSPS) is 12.4. The van der Waals surface area contributed by atoms with Crippen LogP contribution in [0.25, 0.3) is 0 Å². The van der Waals surface area contributed by atoms with Crippen LogP contribution in [0.5, 0.6) is 11.5 Å². The van der Waals surface area contributed by atoms with E-state index in [4.69, 9.17) is 4.74 Å². The average Bonchev–Trinajstić information content (AvgIpc) is 2.36. The van der Waals surface area contributed by atoms with Gasteiger partial charge in [-0.1, -0.05) is 13.8 Å². The standard InChI is InChI=1S/C14H21NO4/c1-4-19-8-12(9(2)3)15-14(18)11-7-10(16)5-6-13(11)17/h5-7,9,12,16-17H,4,8H2,1-3H3,(H,15,18). The minimum Gasteiger partial charge on any atom is -0.508 e. The molecule has 0 heterocycles. The fourth-order valence-electron chi connectivity index (χ4n) is 1.60. The van der Waals surface area contributed by atoms with Crippen LogP contribution in [-0.2, 0) is 4.74 Å². The Labute approximate surface area is 113 Å². The van der Waals surface area contributed by atoms with Crippen LogP contribution in [0.2, 0.25) is 0 Å². The Morgan fingerprint density at radius 2 is 2.05 bits per heavy atom. The molecule has 5 nitrogen and oxygen atoms in total. The van der Waals surface area contributed by atoms with E-state index in [9.17, 15) is 15.0 Å². The summed E-state index contributed by atoms with van der Waals surface area (Å²) in [4.78, 5) is 12.1. The van der Waals surface area contributed by atoms with Crippen LogP contribution in [-0.4, -0.2) is 35.4 Å². The predicted molar refractivity (Wildman–Crippen MR) is 72.4 cm³/mol. The van der Waals surface area contributed by atoms with E-state index in [1.807, 2.05) is 20.8 Å². The smallest absolute Gasteiger partial charge is 0.255 e. The van der Waals surface area contributed by atoms with Crippen LogP contribution < -0.4 is 5.32 Å². The second kappa shape index (κ2) is 6.99. The van der Waals surface area contributed by atoms with Crippen molar-refractivity contribution in [1.29, 1.82) is 0 Å². The molecule has 1 aromatic rings. The minimum atomic E-state index is -0.424. The summed E-state index contributed by atoms with van der Waals surface area (Å²) in [7, 11) is 0. The quantitative estimate of drug-likeness (QED) is 0.688. The molecule has 5 heteroatoms. The number of benzene rings is 1. The highest BCUT2D eigenvalue weighted by molar-refractivity contribution is 5.97. The number of phenols is 2. The van der Waals surface area contributed by atoms with E-state index in [1.165, 1.54) is 18.2 Å². The molecule has 1 unspecified atom stereocenters. The number of aromatic hydroxyl groups is 2. The van der Waals surface area contributed by atoms with Gasteiger partial charge in [0.15, 0.2) is 0 Å². The van der Waals surface area contributed by atoms with Crippen molar-refractivity contribution >= 4 is 5.91 Å². The second-order valence-electron chi connectivity index (χ2n) is 4.68. The third kappa shape index (κ3) is 4.44. The van der Waals surface area contributed by atoms with E-state index >= 15 is 0 Å². The minimum absolute atomic E-state index is 0.0575. The van der Waals surface area contributed by atoms with E-state index in [-0.39, 0.29) is 29.0 Å². The van der Waals surface area contributed by atoms with Gasteiger partial charge in [-0.3, -0.25) is 4.79 Å². The number of phenolic OH excluding ortho intramolecular Hbond substituents is 2. The summed E-state index contributed by atoms with van der Waals surface area (Å²) >= 11 is 0. The second-order valence-corrected chi connectivity index (χ2v) is 4.68. The fraction of sp³-hybridized carbons (Fsp3) is 0.500. The summed E-state index contributed by atoms with van der Waals surface area (Å²) in [6.07, 6.45) is 0. The van der Waals surface area contributed by atoms with Crippen molar-refractivity contribution in [1.82, 2.24) is 5.32 Å². The van der Waals surface area contributed by atoms with Gasteiger partial charge in [0.2, 0.25) is 0 Å². The molecule has 19 heavy (non-hydrogen) atoms. The van der Waals surface area contributed by atoms with Crippen molar-refractivity contribution in [3.8, 4) is 11.5 Å². The first-order chi connectivity index (χ1) is 8.95. The highest BCUT2D eigenvalue weighted by Crippen LogP contribution is 2.22. The molecule has 0 aromatic heterocycles. The zero-order chi connectivity index (χ0) is 14.4. The van der Waals surface area contributed by atoms with E-state index in [0.29, 0.717) is 13.2 Å². The van der Waals surface area contributed by atoms with Crippen LogP contribution in [0.1, 0.15) is 31.1 Å². The highest BCUT2D eigenvalue weighted by Gasteiger charge is 2.19. The first-order valence-corrected chi connectivity index (χ1v) is 6.36. The summed E-state index contributed by atoms with van der Waals surface area (Å²) in [6, 6.07) is 3.71. The molecular weight excluding hydrogens is 246 g/mol. The van der Waals surface area contributed by atoms with Gasteiger partial charge in [-0.05, 0) is 31.0 Å². The molecule has 1 aromatic carbocycles. The Morgan fingerprint density at radius 1 is 1.37 bits per heavy atom. The van der Waals surface area contributed by atoms with Gasteiger partial charge in [-0.25, -0.2) is 0 Å². The molecule has 1 amide bonds. The first-order valence-electron chi connectivity index (χ1n) is 6.36. The number of hydrogen-bond donors (Lipinski definition) is 3. The largest absolute Gasteiger partial charge is 0.508 e. The lowest BCUT2D eigenvalue weighted by Gasteiger charge is -2.22. The molecule has 0 spiro atoms. The Morgan fingerprint density at radius 3 is 2.63 bits per heavy atom. The summed E-state index contributed by atoms with van der Waals surface area (Å²) in [6.45, 7) is 6.84. The molecule has 1 rings (SSSR count). The molecule has 0 fully saturated rings. The van der Waals surface area contributed by atoms with Crippen molar-refractivity contribution in [3.63, 3.8) is 0 Å². The zero-order valence-electron chi connectivity index (χ0n) is 11.5. The third-order valence-corrected chi connectivity index (χ3v) is 2.85. The Hall–Kier alpha value is -1.75. The number of hydrogen-bond acceptors (Lipinski definition) is 4. The van der Waals surface area contributed by atoms with Gasteiger partial charge in [-0.2, -0.15) is 0 Å².